The summed E-state index contributed by atoms with van der Waals surface area (Å²) in [4.78, 5) is 14.0. The smallest absolute Gasteiger partial charge is 0.253 e. The highest BCUT2D eigenvalue weighted by molar-refractivity contribution is 7.96. The van der Waals surface area contributed by atoms with Crippen LogP contribution in [0.2, 0.25) is 0 Å². The number of rotatable bonds is 5. The summed E-state index contributed by atoms with van der Waals surface area (Å²) < 4.78 is 48.3. The average Bonchev–Trinajstić information content (AvgIpc) is 2.89. The molecule has 1 atom stereocenters. The van der Waals surface area contributed by atoms with Crippen LogP contribution in [0.15, 0.2) is 29.2 Å². The Morgan fingerprint density at radius 1 is 1.26 bits per heavy atom. The second kappa shape index (κ2) is 6.60. The molecule has 1 amide bonds. The van der Waals surface area contributed by atoms with Crippen molar-refractivity contribution in [1.82, 2.24) is 4.90 Å². The van der Waals surface area contributed by atoms with Crippen molar-refractivity contribution >= 4 is 25.6 Å². The van der Waals surface area contributed by atoms with Crippen LogP contribution in [0.4, 0.5) is 0 Å². The molecule has 1 aromatic carbocycles. The Balaban J connectivity index is 2.34. The first-order valence-corrected chi connectivity index (χ1v) is 10.9. The third-order valence-electron chi connectivity index (χ3n) is 4.09. The molecule has 6 nitrogen and oxygen atoms in total. The van der Waals surface area contributed by atoms with E-state index in [1.165, 1.54) is 18.2 Å². The second-order valence-corrected chi connectivity index (χ2v) is 10.0. The number of nitrogens with zero attached hydrogens (tertiary/aromatic N) is 1. The molecule has 1 heterocycles. The molecule has 0 saturated carbocycles. The van der Waals surface area contributed by atoms with E-state index in [4.69, 9.17) is 0 Å². The summed E-state index contributed by atoms with van der Waals surface area (Å²) in [7, 11) is -7.04. The number of benzene rings is 1. The monoisotopic (exact) mass is 359 g/mol. The SMILES string of the molecule is CCN(CC)C(=O)c1cccc(S(=O)(=O)[C@H]2CCS(=O)(=O)C2)c1. The first-order chi connectivity index (χ1) is 10.7. The van der Waals surface area contributed by atoms with Crippen molar-refractivity contribution in [3.63, 3.8) is 0 Å². The third kappa shape index (κ3) is 3.74. The van der Waals surface area contributed by atoms with E-state index in [-0.39, 0.29) is 28.7 Å². The molecule has 128 valence electrons. The van der Waals surface area contributed by atoms with Crippen LogP contribution in [0.3, 0.4) is 0 Å². The van der Waals surface area contributed by atoms with Crippen LogP contribution < -0.4 is 0 Å². The summed E-state index contributed by atoms with van der Waals surface area (Å²) in [5.74, 6) is -0.676. The van der Waals surface area contributed by atoms with Gasteiger partial charge >= 0.3 is 0 Å². The summed E-state index contributed by atoms with van der Waals surface area (Å²) in [5, 5.41) is -0.925. The van der Waals surface area contributed by atoms with Crippen LogP contribution in [0.1, 0.15) is 30.6 Å². The molecule has 0 aromatic heterocycles. The van der Waals surface area contributed by atoms with Crippen LogP contribution in [0.5, 0.6) is 0 Å². The number of amides is 1. The van der Waals surface area contributed by atoms with Gasteiger partial charge in [0.05, 0.1) is 21.7 Å². The van der Waals surface area contributed by atoms with Crippen molar-refractivity contribution in [2.75, 3.05) is 24.6 Å². The lowest BCUT2D eigenvalue weighted by molar-refractivity contribution is 0.0772. The van der Waals surface area contributed by atoms with Crippen LogP contribution in [0.25, 0.3) is 0 Å². The predicted octanol–water partition coefficient (Wildman–Crippen LogP) is 1.13. The van der Waals surface area contributed by atoms with Crippen LogP contribution in [0, 0.1) is 0 Å². The maximum Gasteiger partial charge on any atom is 0.253 e. The minimum absolute atomic E-state index is 0.0117. The highest BCUT2D eigenvalue weighted by atomic mass is 32.2. The normalized spacial score (nSPS) is 20.3. The number of sulfone groups is 2. The third-order valence-corrected chi connectivity index (χ3v) is 8.26. The van der Waals surface area contributed by atoms with Gasteiger partial charge in [0.2, 0.25) is 0 Å². The maximum atomic E-state index is 12.6. The van der Waals surface area contributed by atoms with Gasteiger partial charge in [0.1, 0.15) is 0 Å². The quantitative estimate of drug-likeness (QED) is 0.786. The molecule has 0 radical (unpaired) electrons. The molecule has 23 heavy (non-hydrogen) atoms. The number of hydrogen-bond acceptors (Lipinski definition) is 5. The summed E-state index contributed by atoms with van der Waals surface area (Å²) >= 11 is 0. The zero-order valence-corrected chi connectivity index (χ0v) is 14.9. The van der Waals surface area contributed by atoms with E-state index in [2.05, 4.69) is 0 Å². The maximum absolute atomic E-state index is 12.6. The van der Waals surface area contributed by atoms with Gasteiger partial charge in [0.25, 0.3) is 5.91 Å². The minimum Gasteiger partial charge on any atom is -0.339 e. The molecule has 2 rings (SSSR count). The van der Waals surface area contributed by atoms with E-state index in [0.29, 0.717) is 18.7 Å². The van der Waals surface area contributed by atoms with Gasteiger partial charge in [-0.1, -0.05) is 6.07 Å². The van der Waals surface area contributed by atoms with E-state index in [9.17, 15) is 21.6 Å². The van der Waals surface area contributed by atoms with E-state index >= 15 is 0 Å². The zero-order chi connectivity index (χ0) is 17.3. The molecular formula is C15H21NO5S2. The van der Waals surface area contributed by atoms with Crippen molar-refractivity contribution in [2.45, 2.75) is 30.4 Å². The van der Waals surface area contributed by atoms with Crippen molar-refractivity contribution < 1.29 is 21.6 Å². The number of carbonyl (C=O) groups is 1. The molecule has 1 aliphatic rings. The van der Waals surface area contributed by atoms with Gasteiger partial charge in [-0.2, -0.15) is 0 Å². The van der Waals surface area contributed by atoms with Crippen molar-refractivity contribution in [1.29, 1.82) is 0 Å². The molecule has 1 aromatic rings. The Bertz CT molecular complexity index is 795. The average molecular weight is 359 g/mol. The summed E-state index contributed by atoms with van der Waals surface area (Å²) in [6.45, 7) is 4.77. The Labute approximate surface area is 137 Å². The minimum atomic E-state index is -3.75. The molecule has 1 saturated heterocycles. The number of carbonyl (C=O) groups excluding carboxylic acids is 1. The lowest BCUT2D eigenvalue weighted by Crippen LogP contribution is -2.30. The molecule has 0 N–H and O–H groups in total. The van der Waals surface area contributed by atoms with Crippen LogP contribution in [-0.4, -0.2) is 57.5 Å². The summed E-state index contributed by atoms with van der Waals surface area (Å²) in [6, 6.07) is 5.86. The van der Waals surface area contributed by atoms with Gasteiger partial charge in [-0.25, -0.2) is 16.8 Å². The summed E-state index contributed by atoms with van der Waals surface area (Å²) in [5.41, 5.74) is 0.302. The molecule has 8 heteroatoms. The Kier molecular flexibility index (Phi) is 5.15. The Hall–Kier alpha value is -1.41. The predicted molar refractivity (Wildman–Crippen MR) is 87.9 cm³/mol. The first-order valence-electron chi connectivity index (χ1n) is 7.55. The lowest BCUT2D eigenvalue weighted by atomic mass is 10.2. The Morgan fingerprint density at radius 3 is 2.43 bits per heavy atom. The standard InChI is InChI=1S/C15H21NO5S2/c1-3-16(4-2)15(17)12-6-5-7-13(10-12)23(20,21)14-8-9-22(18,19)11-14/h5-7,10,14H,3-4,8-9,11H2,1-2H3/t14-/m0/s1. The van der Waals surface area contributed by atoms with Gasteiger partial charge in [-0.05, 0) is 38.5 Å². The highest BCUT2D eigenvalue weighted by Crippen LogP contribution is 2.26. The first kappa shape index (κ1) is 17.9. The molecule has 0 bridgehead atoms. The molecule has 1 aliphatic heterocycles. The van der Waals surface area contributed by atoms with Crippen molar-refractivity contribution in [3.05, 3.63) is 29.8 Å². The molecule has 0 unspecified atom stereocenters. The fourth-order valence-electron chi connectivity index (χ4n) is 2.70. The van der Waals surface area contributed by atoms with E-state index < -0.39 is 24.9 Å². The van der Waals surface area contributed by atoms with Gasteiger partial charge < -0.3 is 4.90 Å². The van der Waals surface area contributed by atoms with Crippen molar-refractivity contribution in [2.24, 2.45) is 0 Å². The van der Waals surface area contributed by atoms with E-state index in [0.717, 1.165) is 0 Å². The second-order valence-electron chi connectivity index (χ2n) is 5.58. The largest absolute Gasteiger partial charge is 0.339 e. The fraction of sp³-hybridized carbons (Fsp3) is 0.533. The zero-order valence-electron chi connectivity index (χ0n) is 13.2. The molecule has 0 aliphatic carbocycles. The van der Waals surface area contributed by atoms with E-state index in [1.807, 2.05) is 13.8 Å². The van der Waals surface area contributed by atoms with E-state index in [1.54, 1.807) is 11.0 Å². The topological polar surface area (TPSA) is 88.6 Å². The van der Waals surface area contributed by atoms with Gasteiger partial charge in [-0.15, -0.1) is 0 Å². The fourth-order valence-corrected chi connectivity index (χ4v) is 7.10. The van der Waals surface area contributed by atoms with Gasteiger partial charge in [-0.3, -0.25) is 4.79 Å². The Morgan fingerprint density at radius 2 is 1.91 bits per heavy atom. The van der Waals surface area contributed by atoms with Crippen LogP contribution >= 0.6 is 0 Å². The lowest BCUT2D eigenvalue weighted by Gasteiger charge is -2.19. The van der Waals surface area contributed by atoms with Crippen molar-refractivity contribution in [3.8, 4) is 0 Å². The number of hydrogen-bond donors (Lipinski definition) is 0. The van der Waals surface area contributed by atoms with Crippen LogP contribution in [-0.2, 0) is 19.7 Å². The molecular weight excluding hydrogens is 338 g/mol. The highest BCUT2D eigenvalue weighted by Gasteiger charge is 2.38. The van der Waals surface area contributed by atoms with Gasteiger partial charge in [0, 0.05) is 18.7 Å². The molecule has 0 spiro atoms. The summed E-state index contributed by atoms with van der Waals surface area (Å²) in [6.07, 6.45) is 0.110. The van der Waals surface area contributed by atoms with Gasteiger partial charge in [0.15, 0.2) is 19.7 Å². The molecule has 1 fully saturated rings.